The van der Waals surface area contributed by atoms with Crippen molar-refractivity contribution < 1.29 is 22.7 Å². The maximum atomic E-state index is 12.4. The standard InChI is InChI=1S/C17H17BrF3N5O2/c18-13-14(25-11-3-5-12(6-4-11)28-17(19,20)21)23-9-24-15(13)26-16(27)10-2-1-7-22-8-10/h3-6,9-10,22H,1-2,7-8H2,(H2,23,24,25,26,27). The van der Waals surface area contributed by atoms with Gasteiger partial charge in [-0.25, -0.2) is 9.97 Å². The molecule has 2 heterocycles. The summed E-state index contributed by atoms with van der Waals surface area (Å²) in [5, 5.41) is 8.92. The molecule has 0 bridgehead atoms. The summed E-state index contributed by atoms with van der Waals surface area (Å²) in [6, 6.07) is 5.20. The van der Waals surface area contributed by atoms with Crippen molar-refractivity contribution in [3.8, 4) is 5.75 Å². The second-order valence-electron chi connectivity index (χ2n) is 6.11. The SMILES string of the molecule is O=C(Nc1ncnc(Nc2ccc(OC(F)(F)F)cc2)c1Br)C1CCCNC1. The van der Waals surface area contributed by atoms with Crippen molar-refractivity contribution in [1.29, 1.82) is 0 Å². The van der Waals surface area contributed by atoms with Crippen molar-refractivity contribution in [1.82, 2.24) is 15.3 Å². The van der Waals surface area contributed by atoms with E-state index in [1.165, 1.54) is 30.6 Å². The molecular weight excluding hydrogens is 443 g/mol. The monoisotopic (exact) mass is 459 g/mol. The fourth-order valence-corrected chi connectivity index (χ4v) is 3.12. The van der Waals surface area contributed by atoms with Gasteiger partial charge in [-0.05, 0) is 59.6 Å². The lowest BCUT2D eigenvalue weighted by molar-refractivity contribution is -0.274. The number of benzene rings is 1. The molecular formula is C17H17BrF3N5O2. The Morgan fingerprint density at radius 3 is 2.57 bits per heavy atom. The molecule has 3 N–H and O–H groups in total. The van der Waals surface area contributed by atoms with E-state index in [1.54, 1.807) is 0 Å². The number of carbonyl (C=O) groups is 1. The Morgan fingerprint density at radius 2 is 1.93 bits per heavy atom. The van der Waals surface area contributed by atoms with Gasteiger partial charge in [-0.3, -0.25) is 4.79 Å². The van der Waals surface area contributed by atoms with Crippen molar-refractivity contribution in [3.05, 3.63) is 35.1 Å². The lowest BCUT2D eigenvalue weighted by Gasteiger charge is -2.22. The van der Waals surface area contributed by atoms with E-state index < -0.39 is 6.36 Å². The Hall–Kier alpha value is -2.40. The molecule has 0 spiro atoms. The number of anilines is 3. The van der Waals surface area contributed by atoms with E-state index >= 15 is 0 Å². The molecule has 1 aliphatic rings. The molecule has 3 rings (SSSR count). The summed E-state index contributed by atoms with van der Waals surface area (Å²) >= 11 is 3.35. The number of nitrogens with zero attached hydrogens (tertiary/aromatic N) is 2. The fourth-order valence-electron chi connectivity index (χ4n) is 2.72. The summed E-state index contributed by atoms with van der Waals surface area (Å²) in [5.41, 5.74) is 0.489. The van der Waals surface area contributed by atoms with E-state index in [0.717, 1.165) is 19.4 Å². The number of hydrogen-bond donors (Lipinski definition) is 3. The van der Waals surface area contributed by atoms with Gasteiger partial charge in [-0.15, -0.1) is 13.2 Å². The van der Waals surface area contributed by atoms with E-state index in [-0.39, 0.29) is 17.6 Å². The Kier molecular flexibility index (Phi) is 6.35. The molecule has 1 aliphatic heterocycles. The number of hydrogen-bond acceptors (Lipinski definition) is 6. The van der Waals surface area contributed by atoms with E-state index in [1.807, 2.05) is 0 Å². The van der Waals surface area contributed by atoms with Crippen LogP contribution in [-0.2, 0) is 4.79 Å². The number of aromatic nitrogens is 2. The number of amides is 1. The zero-order chi connectivity index (χ0) is 20.1. The van der Waals surface area contributed by atoms with E-state index in [4.69, 9.17) is 0 Å². The number of alkyl halides is 3. The Balaban J connectivity index is 1.68. The molecule has 7 nitrogen and oxygen atoms in total. The quantitative estimate of drug-likeness (QED) is 0.629. The first-order chi connectivity index (χ1) is 13.3. The predicted molar refractivity (Wildman–Crippen MR) is 100 cm³/mol. The summed E-state index contributed by atoms with van der Waals surface area (Å²) in [5.74, 6) is 0.0786. The minimum atomic E-state index is -4.74. The zero-order valence-electron chi connectivity index (χ0n) is 14.5. The topological polar surface area (TPSA) is 88.2 Å². The largest absolute Gasteiger partial charge is 0.573 e. The van der Waals surface area contributed by atoms with Crippen LogP contribution < -0.4 is 20.7 Å². The summed E-state index contributed by atoms with van der Waals surface area (Å²) in [6.07, 6.45) is -1.72. The van der Waals surface area contributed by atoms with Gasteiger partial charge >= 0.3 is 6.36 Å². The van der Waals surface area contributed by atoms with Gasteiger partial charge in [0.15, 0.2) is 5.82 Å². The first-order valence-electron chi connectivity index (χ1n) is 8.47. The lowest BCUT2D eigenvalue weighted by Crippen LogP contribution is -2.37. The number of piperidine rings is 1. The summed E-state index contributed by atoms with van der Waals surface area (Å²) in [4.78, 5) is 20.5. The van der Waals surface area contributed by atoms with Gasteiger partial charge in [0.05, 0.1) is 5.92 Å². The molecule has 2 aromatic rings. The van der Waals surface area contributed by atoms with Crippen LogP contribution in [0.1, 0.15) is 12.8 Å². The van der Waals surface area contributed by atoms with Gasteiger partial charge in [0.25, 0.3) is 0 Å². The first kappa shape index (κ1) is 20.3. The van der Waals surface area contributed by atoms with Gasteiger partial charge in [0.2, 0.25) is 5.91 Å². The normalized spacial score (nSPS) is 17.1. The van der Waals surface area contributed by atoms with E-state index in [2.05, 4.69) is 46.6 Å². The Bertz CT molecular complexity index is 827. The summed E-state index contributed by atoms with van der Waals surface area (Å²) in [6.45, 7) is 1.52. The Labute approximate surface area is 167 Å². The highest BCUT2D eigenvalue weighted by atomic mass is 79.9. The van der Waals surface area contributed by atoms with Crippen LogP contribution in [0.2, 0.25) is 0 Å². The van der Waals surface area contributed by atoms with Crippen molar-refractivity contribution in [3.63, 3.8) is 0 Å². The lowest BCUT2D eigenvalue weighted by atomic mass is 9.99. The van der Waals surface area contributed by atoms with Gasteiger partial charge in [0, 0.05) is 12.2 Å². The van der Waals surface area contributed by atoms with Crippen LogP contribution >= 0.6 is 15.9 Å². The molecule has 1 fully saturated rings. The van der Waals surface area contributed by atoms with Gasteiger partial charge in [-0.2, -0.15) is 0 Å². The highest BCUT2D eigenvalue weighted by Gasteiger charge is 2.31. The van der Waals surface area contributed by atoms with Crippen molar-refractivity contribution in [2.75, 3.05) is 23.7 Å². The summed E-state index contributed by atoms with van der Waals surface area (Å²) in [7, 11) is 0. The first-order valence-corrected chi connectivity index (χ1v) is 9.26. The molecule has 150 valence electrons. The van der Waals surface area contributed by atoms with Crippen molar-refractivity contribution >= 4 is 39.2 Å². The molecule has 1 aromatic heterocycles. The smallest absolute Gasteiger partial charge is 0.406 e. The number of rotatable bonds is 5. The molecule has 1 unspecified atom stereocenters. The molecule has 1 saturated heterocycles. The summed E-state index contributed by atoms with van der Waals surface area (Å²) < 4.78 is 40.9. The molecule has 11 heteroatoms. The van der Waals surface area contributed by atoms with Gasteiger partial charge in [-0.1, -0.05) is 0 Å². The molecule has 1 aromatic carbocycles. The van der Waals surface area contributed by atoms with Crippen LogP contribution in [0.3, 0.4) is 0 Å². The van der Waals surface area contributed by atoms with Crippen LogP contribution in [0.15, 0.2) is 35.1 Å². The zero-order valence-corrected chi connectivity index (χ0v) is 16.1. The number of ether oxygens (including phenoxy) is 1. The second-order valence-corrected chi connectivity index (χ2v) is 6.91. The minimum Gasteiger partial charge on any atom is -0.406 e. The molecule has 1 atom stereocenters. The van der Waals surface area contributed by atoms with E-state index in [0.29, 0.717) is 28.3 Å². The van der Waals surface area contributed by atoms with Gasteiger partial charge in [0.1, 0.15) is 22.4 Å². The highest BCUT2D eigenvalue weighted by Crippen LogP contribution is 2.30. The third kappa shape index (κ3) is 5.55. The highest BCUT2D eigenvalue weighted by molar-refractivity contribution is 9.10. The Morgan fingerprint density at radius 1 is 1.21 bits per heavy atom. The van der Waals surface area contributed by atoms with E-state index in [9.17, 15) is 18.0 Å². The third-order valence-electron chi connectivity index (χ3n) is 4.05. The van der Waals surface area contributed by atoms with Crippen LogP contribution in [-0.4, -0.2) is 35.3 Å². The predicted octanol–water partition coefficient (Wildman–Crippen LogP) is 3.82. The van der Waals surface area contributed by atoms with Crippen LogP contribution in [0.5, 0.6) is 5.75 Å². The number of carbonyl (C=O) groups excluding carboxylic acids is 1. The average Bonchev–Trinajstić information content (AvgIpc) is 2.66. The number of halogens is 4. The molecule has 0 aliphatic carbocycles. The minimum absolute atomic E-state index is 0.131. The maximum Gasteiger partial charge on any atom is 0.573 e. The van der Waals surface area contributed by atoms with Crippen LogP contribution in [0.4, 0.5) is 30.5 Å². The van der Waals surface area contributed by atoms with Crippen molar-refractivity contribution in [2.24, 2.45) is 5.92 Å². The molecule has 28 heavy (non-hydrogen) atoms. The number of nitrogens with one attached hydrogen (secondary N) is 3. The maximum absolute atomic E-state index is 12.4. The second kappa shape index (κ2) is 8.74. The molecule has 1 amide bonds. The van der Waals surface area contributed by atoms with Crippen molar-refractivity contribution in [2.45, 2.75) is 19.2 Å². The molecule has 0 saturated carbocycles. The van der Waals surface area contributed by atoms with Crippen LogP contribution in [0.25, 0.3) is 0 Å². The van der Waals surface area contributed by atoms with Gasteiger partial charge < -0.3 is 20.7 Å². The van der Waals surface area contributed by atoms with Crippen LogP contribution in [0, 0.1) is 5.92 Å². The average molecular weight is 460 g/mol. The molecule has 0 radical (unpaired) electrons. The fraction of sp³-hybridized carbons (Fsp3) is 0.353. The third-order valence-corrected chi connectivity index (χ3v) is 4.80.